The summed E-state index contributed by atoms with van der Waals surface area (Å²) in [6.45, 7) is 3.64. The molecule has 0 bridgehead atoms. The van der Waals surface area contributed by atoms with Gasteiger partial charge in [0, 0.05) is 12.2 Å². The maximum absolute atomic E-state index is 5.74. The van der Waals surface area contributed by atoms with Crippen molar-refractivity contribution in [3.05, 3.63) is 54.1 Å². The molecular formula is C18H23NO2. The maximum atomic E-state index is 5.74. The molecule has 0 heterocycles. The fourth-order valence-corrected chi connectivity index (χ4v) is 2.03. The molecule has 0 amide bonds. The molecule has 0 saturated heterocycles. The van der Waals surface area contributed by atoms with Crippen LogP contribution in [-0.4, -0.2) is 13.7 Å². The lowest BCUT2D eigenvalue weighted by Crippen LogP contribution is -2.02. The molecule has 112 valence electrons. The van der Waals surface area contributed by atoms with Crippen LogP contribution in [0.5, 0.6) is 11.5 Å². The number of methoxy groups -OCH3 is 1. The van der Waals surface area contributed by atoms with Gasteiger partial charge in [0.1, 0.15) is 0 Å². The van der Waals surface area contributed by atoms with Crippen molar-refractivity contribution in [3.63, 3.8) is 0 Å². The van der Waals surface area contributed by atoms with Crippen molar-refractivity contribution < 1.29 is 9.47 Å². The van der Waals surface area contributed by atoms with Crippen LogP contribution in [0, 0.1) is 0 Å². The molecular weight excluding hydrogens is 262 g/mol. The van der Waals surface area contributed by atoms with Crippen molar-refractivity contribution in [1.82, 2.24) is 0 Å². The van der Waals surface area contributed by atoms with E-state index in [0.717, 1.165) is 43.2 Å². The van der Waals surface area contributed by atoms with Crippen molar-refractivity contribution in [2.24, 2.45) is 0 Å². The zero-order valence-electron chi connectivity index (χ0n) is 12.8. The summed E-state index contributed by atoms with van der Waals surface area (Å²) in [5.74, 6) is 1.60. The molecule has 0 atom stereocenters. The van der Waals surface area contributed by atoms with Crippen molar-refractivity contribution >= 4 is 5.69 Å². The molecule has 0 fully saturated rings. The van der Waals surface area contributed by atoms with E-state index in [1.807, 2.05) is 30.3 Å². The minimum Gasteiger partial charge on any atom is -0.493 e. The SMILES string of the molecule is CCCCOc1ccc(CNc2ccccc2)cc1OC. The Morgan fingerprint density at radius 2 is 1.81 bits per heavy atom. The van der Waals surface area contributed by atoms with Gasteiger partial charge in [0.2, 0.25) is 0 Å². The van der Waals surface area contributed by atoms with E-state index in [1.54, 1.807) is 7.11 Å². The highest BCUT2D eigenvalue weighted by Crippen LogP contribution is 2.28. The van der Waals surface area contributed by atoms with E-state index in [2.05, 4.69) is 30.4 Å². The first kappa shape index (κ1) is 15.2. The number of benzene rings is 2. The molecule has 0 saturated carbocycles. The van der Waals surface area contributed by atoms with Gasteiger partial charge in [-0.15, -0.1) is 0 Å². The third-order valence-electron chi connectivity index (χ3n) is 3.25. The third kappa shape index (κ3) is 4.71. The van der Waals surface area contributed by atoms with Crippen molar-refractivity contribution in [2.45, 2.75) is 26.3 Å². The first-order chi connectivity index (χ1) is 10.3. The Balaban J connectivity index is 1.97. The first-order valence-corrected chi connectivity index (χ1v) is 7.42. The number of hydrogen-bond acceptors (Lipinski definition) is 3. The standard InChI is InChI=1S/C18H23NO2/c1-3-4-12-21-17-11-10-15(13-18(17)20-2)14-19-16-8-6-5-7-9-16/h5-11,13,19H,3-4,12,14H2,1-2H3. The lowest BCUT2D eigenvalue weighted by Gasteiger charge is -2.13. The van der Waals surface area contributed by atoms with Crippen LogP contribution in [0.25, 0.3) is 0 Å². The fourth-order valence-electron chi connectivity index (χ4n) is 2.03. The van der Waals surface area contributed by atoms with Gasteiger partial charge in [0.15, 0.2) is 11.5 Å². The summed E-state index contributed by atoms with van der Waals surface area (Å²) in [5.41, 5.74) is 2.28. The highest BCUT2D eigenvalue weighted by atomic mass is 16.5. The van der Waals surface area contributed by atoms with E-state index in [9.17, 15) is 0 Å². The number of rotatable bonds is 8. The molecule has 21 heavy (non-hydrogen) atoms. The van der Waals surface area contributed by atoms with E-state index < -0.39 is 0 Å². The summed E-state index contributed by atoms with van der Waals surface area (Å²) < 4.78 is 11.2. The van der Waals surface area contributed by atoms with Crippen LogP contribution >= 0.6 is 0 Å². The largest absolute Gasteiger partial charge is 0.493 e. The van der Waals surface area contributed by atoms with Crippen LogP contribution in [0.1, 0.15) is 25.3 Å². The molecule has 0 spiro atoms. The zero-order chi connectivity index (χ0) is 14.9. The third-order valence-corrected chi connectivity index (χ3v) is 3.25. The Kier molecular flexibility index (Phi) is 5.95. The predicted octanol–water partition coefficient (Wildman–Crippen LogP) is 4.49. The highest BCUT2D eigenvalue weighted by Gasteiger charge is 2.05. The average molecular weight is 285 g/mol. The number of para-hydroxylation sites is 1. The first-order valence-electron chi connectivity index (χ1n) is 7.42. The fraction of sp³-hybridized carbons (Fsp3) is 0.333. The van der Waals surface area contributed by atoms with Gasteiger partial charge in [-0.1, -0.05) is 37.6 Å². The minimum atomic E-state index is 0.731. The van der Waals surface area contributed by atoms with Gasteiger partial charge in [-0.05, 0) is 36.2 Å². The van der Waals surface area contributed by atoms with E-state index >= 15 is 0 Å². The Morgan fingerprint density at radius 3 is 2.52 bits per heavy atom. The second kappa shape index (κ2) is 8.20. The Hall–Kier alpha value is -2.16. The van der Waals surface area contributed by atoms with Gasteiger partial charge in [-0.25, -0.2) is 0 Å². The van der Waals surface area contributed by atoms with Crippen LogP contribution in [0.3, 0.4) is 0 Å². The molecule has 2 aromatic rings. The highest BCUT2D eigenvalue weighted by molar-refractivity contribution is 5.46. The van der Waals surface area contributed by atoms with Crippen LogP contribution in [-0.2, 0) is 6.54 Å². The monoisotopic (exact) mass is 285 g/mol. The Labute approximate surface area is 126 Å². The summed E-state index contributed by atoms with van der Waals surface area (Å²) in [4.78, 5) is 0. The maximum Gasteiger partial charge on any atom is 0.161 e. The summed E-state index contributed by atoms with van der Waals surface area (Å²) in [6.07, 6.45) is 2.18. The molecule has 1 N–H and O–H groups in total. The topological polar surface area (TPSA) is 30.5 Å². The molecule has 2 aromatic carbocycles. The molecule has 0 aromatic heterocycles. The van der Waals surface area contributed by atoms with Gasteiger partial charge < -0.3 is 14.8 Å². The normalized spacial score (nSPS) is 10.2. The predicted molar refractivity (Wildman–Crippen MR) is 87.2 cm³/mol. The molecule has 3 heteroatoms. The summed E-state index contributed by atoms with van der Waals surface area (Å²) in [5, 5.41) is 3.39. The molecule has 3 nitrogen and oxygen atoms in total. The number of ether oxygens (including phenoxy) is 2. The Bertz CT molecular complexity index is 540. The number of hydrogen-bond donors (Lipinski definition) is 1. The molecule has 0 unspecified atom stereocenters. The second-order valence-corrected chi connectivity index (χ2v) is 4.91. The van der Waals surface area contributed by atoms with E-state index in [4.69, 9.17) is 9.47 Å². The van der Waals surface area contributed by atoms with Gasteiger partial charge in [0.25, 0.3) is 0 Å². The number of unbranched alkanes of at least 4 members (excludes halogenated alkanes) is 1. The average Bonchev–Trinajstić information content (AvgIpc) is 2.55. The van der Waals surface area contributed by atoms with Gasteiger partial charge in [-0.2, -0.15) is 0 Å². The zero-order valence-corrected chi connectivity index (χ0v) is 12.8. The molecule has 2 rings (SSSR count). The van der Waals surface area contributed by atoms with Crippen molar-refractivity contribution in [1.29, 1.82) is 0 Å². The summed E-state index contributed by atoms with van der Waals surface area (Å²) in [7, 11) is 1.68. The van der Waals surface area contributed by atoms with Crippen molar-refractivity contribution in [3.8, 4) is 11.5 Å². The molecule has 0 aliphatic heterocycles. The van der Waals surface area contributed by atoms with E-state index in [1.165, 1.54) is 5.56 Å². The second-order valence-electron chi connectivity index (χ2n) is 4.91. The van der Waals surface area contributed by atoms with Gasteiger partial charge >= 0.3 is 0 Å². The van der Waals surface area contributed by atoms with Crippen molar-refractivity contribution in [2.75, 3.05) is 19.0 Å². The van der Waals surface area contributed by atoms with Crippen LogP contribution in [0.15, 0.2) is 48.5 Å². The summed E-state index contributed by atoms with van der Waals surface area (Å²) in [6, 6.07) is 16.2. The van der Waals surface area contributed by atoms with Crippen LogP contribution in [0.2, 0.25) is 0 Å². The van der Waals surface area contributed by atoms with Gasteiger partial charge in [-0.3, -0.25) is 0 Å². The number of anilines is 1. The minimum absolute atomic E-state index is 0.731. The molecule has 0 aliphatic carbocycles. The molecule has 0 aliphatic rings. The smallest absolute Gasteiger partial charge is 0.161 e. The number of nitrogens with one attached hydrogen (secondary N) is 1. The lowest BCUT2D eigenvalue weighted by molar-refractivity contribution is 0.288. The van der Waals surface area contributed by atoms with Gasteiger partial charge in [0.05, 0.1) is 13.7 Å². The quantitative estimate of drug-likeness (QED) is 0.725. The lowest BCUT2D eigenvalue weighted by atomic mass is 10.2. The van der Waals surface area contributed by atoms with Crippen LogP contribution < -0.4 is 14.8 Å². The molecule has 0 radical (unpaired) electrons. The van der Waals surface area contributed by atoms with E-state index in [0.29, 0.717) is 0 Å². The Morgan fingerprint density at radius 1 is 1.00 bits per heavy atom. The van der Waals surface area contributed by atoms with E-state index in [-0.39, 0.29) is 0 Å². The van der Waals surface area contributed by atoms with Crippen LogP contribution in [0.4, 0.5) is 5.69 Å². The summed E-state index contributed by atoms with van der Waals surface area (Å²) >= 11 is 0.